The SMILES string of the molecule is COc1nc(-c2ccccc2)ccc1C(=O)C(C)(C)C. The van der Waals surface area contributed by atoms with Crippen molar-refractivity contribution in [2.24, 2.45) is 5.41 Å². The zero-order valence-corrected chi connectivity index (χ0v) is 12.3. The maximum Gasteiger partial charge on any atom is 0.224 e. The summed E-state index contributed by atoms with van der Waals surface area (Å²) in [6.07, 6.45) is 0. The standard InChI is InChI=1S/C17H19NO2/c1-17(2,3)15(19)13-10-11-14(18-16(13)20-4)12-8-6-5-7-9-12/h5-11H,1-4H3. The smallest absolute Gasteiger partial charge is 0.224 e. The molecule has 1 aromatic carbocycles. The Morgan fingerprint density at radius 2 is 1.70 bits per heavy atom. The zero-order valence-electron chi connectivity index (χ0n) is 12.3. The highest BCUT2D eigenvalue weighted by Gasteiger charge is 2.26. The Balaban J connectivity index is 2.47. The number of ether oxygens (including phenoxy) is 1. The molecule has 0 spiro atoms. The number of benzene rings is 1. The van der Waals surface area contributed by atoms with Crippen LogP contribution in [0.2, 0.25) is 0 Å². The van der Waals surface area contributed by atoms with E-state index in [0.717, 1.165) is 11.3 Å². The lowest BCUT2D eigenvalue weighted by molar-refractivity contribution is 0.0854. The van der Waals surface area contributed by atoms with Crippen molar-refractivity contribution in [1.82, 2.24) is 4.98 Å². The summed E-state index contributed by atoms with van der Waals surface area (Å²) in [5.41, 5.74) is 1.87. The van der Waals surface area contributed by atoms with Crippen LogP contribution in [0, 0.1) is 5.41 Å². The number of hydrogen-bond donors (Lipinski definition) is 0. The molecule has 2 rings (SSSR count). The van der Waals surface area contributed by atoms with Gasteiger partial charge in [0, 0.05) is 11.0 Å². The average molecular weight is 269 g/mol. The fourth-order valence-corrected chi connectivity index (χ4v) is 1.94. The van der Waals surface area contributed by atoms with Crippen LogP contribution in [0.4, 0.5) is 0 Å². The van der Waals surface area contributed by atoms with Gasteiger partial charge < -0.3 is 4.74 Å². The lowest BCUT2D eigenvalue weighted by Crippen LogP contribution is -2.21. The molecule has 3 nitrogen and oxygen atoms in total. The van der Waals surface area contributed by atoms with Gasteiger partial charge in [-0.1, -0.05) is 51.1 Å². The number of carbonyl (C=O) groups is 1. The van der Waals surface area contributed by atoms with Gasteiger partial charge in [-0.05, 0) is 12.1 Å². The van der Waals surface area contributed by atoms with E-state index < -0.39 is 5.41 Å². The topological polar surface area (TPSA) is 39.2 Å². The molecule has 0 aliphatic heterocycles. The van der Waals surface area contributed by atoms with Crippen molar-refractivity contribution < 1.29 is 9.53 Å². The summed E-state index contributed by atoms with van der Waals surface area (Å²) in [7, 11) is 1.54. The molecule has 0 aliphatic rings. The summed E-state index contributed by atoms with van der Waals surface area (Å²) in [6, 6.07) is 13.5. The summed E-state index contributed by atoms with van der Waals surface area (Å²) >= 11 is 0. The van der Waals surface area contributed by atoms with Crippen LogP contribution in [-0.2, 0) is 0 Å². The molecule has 0 bridgehead atoms. The number of aromatic nitrogens is 1. The molecule has 0 unspecified atom stereocenters. The molecule has 2 aromatic rings. The molecule has 0 saturated carbocycles. The van der Waals surface area contributed by atoms with Crippen molar-refractivity contribution >= 4 is 5.78 Å². The molecule has 20 heavy (non-hydrogen) atoms. The van der Waals surface area contributed by atoms with Gasteiger partial charge in [0.1, 0.15) is 0 Å². The molecule has 104 valence electrons. The molecule has 0 saturated heterocycles. The second kappa shape index (κ2) is 5.45. The Hall–Kier alpha value is -2.16. The number of methoxy groups -OCH3 is 1. The van der Waals surface area contributed by atoms with E-state index in [-0.39, 0.29) is 5.78 Å². The second-order valence-electron chi connectivity index (χ2n) is 5.70. The minimum absolute atomic E-state index is 0.0291. The summed E-state index contributed by atoms with van der Waals surface area (Å²) in [6.45, 7) is 5.67. The molecule has 0 fully saturated rings. The van der Waals surface area contributed by atoms with Crippen LogP contribution < -0.4 is 4.74 Å². The van der Waals surface area contributed by atoms with Gasteiger partial charge in [-0.15, -0.1) is 0 Å². The predicted molar refractivity (Wildman–Crippen MR) is 80.0 cm³/mol. The number of Topliss-reactive ketones (excluding diaryl/α,β-unsaturated/α-hetero) is 1. The van der Waals surface area contributed by atoms with Gasteiger partial charge >= 0.3 is 0 Å². The number of pyridine rings is 1. The number of nitrogens with zero attached hydrogens (tertiary/aromatic N) is 1. The summed E-state index contributed by atoms with van der Waals surface area (Å²) < 4.78 is 5.29. The molecule has 1 aromatic heterocycles. The first-order chi connectivity index (χ1) is 9.43. The van der Waals surface area contributed by atoms with Crippen LogP contribution in [0.15, 0.2) is 42.5 Å². The Bertz CT molecular complexity index is 613. The zero-order chi connectivity index (χ0) is 14.8. The van der Waals surface area contributed by atoms with Gasteiger partial charge in [0.15, 0.2) is 5.78 Å². The number of rotatable bonds is 3. The van der Waals surface area contributed by atoms with Crippen molar-refractivity contribution in [3.8, 4) is 17.1 Å². The van der Waals surface area contributed by atoms with Gasteiger partial charge in [-0.2, -0.15) is 0 Å². The second-order valence-corrected chi connectivity index (χ2v) is 5.70. The Morgan fingerprint density at radius 3 is 2.25 bits per heavy atom. The van der Waals surface area contributed by atoms with E-state index >= 15 is 0 Å². The lowest BCUT2D eigenvalue weighted by atomic mass is 9.87. The van der Waals surface area contributed by atoms with Crippen LogP contribution >= 0.6 is 0 Å². The third kappa shape index (κ3) is 2.87. The molecular formula is C17H19NO2. The summed E-state index contributed by atoms with van der Waals surface area (Å²) in [5, 5.41) is 0. The molecule has 0 radical (unpaired) electrons. The molecule has 1 heterocycles. The van der Waals surface area contributed by atoms with Crippen LogP contribution in [-0.4, -0.2) is 17.9 Å². The fraction of sp³-hybridized carbons (Fsp3) is 0.294. The molecule has 0 aliphatic carbocycles. The van der Waals surface area contributed by atoms with Crippen molar-refractivity contribution in [2.45, 2.75) is 20.8 Å². The van der Waals surface area contributed by atoms with Gasteiger partial charge in [0.25, 0.3) is 0 Å². The Morgan fingerprint density at radius 1 is 1.05 bits per heavy atom. The van der Waals surface area contributed by atoms with Gasteiger partial charge in [0.2, 0.25) is 5.88 Å². The van der Waals surface area contributed by atoms with Crippen LogP contribution in [0.3, 0.4) is 0 Å². The Kier molecular flexibility index (Phi) is 3.89. The fourth-order valence-electron chi connectivity index (χ4n) is 1.94. The first-order valence-electron chi connectivity index (χ1n) is 6.59. The lowest BCUT2D eigenvalue weighted by Gasteiger charge is -2.18. The highest BCUT2D eigenvalue weighted by atomic mass is 16.5. The highest BCUT2D eigenvalue weighted by Crippen LogP contribution is 2.28. The summed E-state index contributed by atoms with van der Waals surface area (Å²) in [4.78, 5) is 16.8. The van der Waals surface area contributed by atoms with Crippen molar-refractivity contribution in [3.05, 3.63) is 48.0 Å². The molecular weight excluding hydrogens is 250 g/mol. The largest absolute Gasteiger partial charge is 0.480 e. The minimum Gasteiger partial charge on any atom is -0.480 e. The maximum atomic E-state index is 12.4. The molecule has 0 N–H and O–H groups in total. The Labute approximate surface area is 119 Å². The molecule has 0 atom stereocenters. The van der Waals surface area contributed by atoms with E-state index in [9.17, 15) is 4.79 Å². The quantitative estimate of drug-likeness (QED) is 0.791. The number of ketones is 1. The van der Waals surface area contributed by atoms with Crippen molar-refractivity contribution in [3.63, 3.8) is 0 Å². The van der Waals surface area contributed by atoms with Crippen LogP contribution in [0.25, 0.3) is 11.3 Å². The average Bonchev–Trinajstić information content (AvgIpc) is 2.45. The normalized spacial score (nSPS) is 11.2. The summed E-state index contributed by atoms with van der Waals surface area (Å²) in [5.74, 6) is 0.410. The minimum atomic E-state index is -0.455. The molecule has 3 heteroatoms. The van der Waals surface area contributed by atoms with Gasteiger partial charge in [0.05, 0.1) is 18.4 Å². The van der Waals surface area contributed by atoms with E-state index in [0.29, 0.717) is 11.4 Å². The first-order valence-corrected chi connectivity index (χ1v) is 6.59. The third-order valence-electron chi connectivity index (χ3n) is 3.05. The van der Waals surface area contributed by atoms with E-state index in [4.69, 9.17) is 4.74 Å². The van der Waals surface area contributed by atoms with Gasteiger partial charge in [-0.3, -0.25) is 4.79 Å². The highest BCUT2D eigenvalue weighted by molar-refractivity contribution is 6.01. The number of hydrogen-bond acceptors (Lipinski definition) is 3. The van der Waals surface area contributed by atoms with E-state index in [1.165, 1.54) is 7.11 Å². The van der Waals surface area contributed by atoms with Gasteiger partial charge in [-0.25, -0.2) is 4.98 Å². The monoisotopic (exact) mass is 269 g/mol. The van der Waals surface area contributed by atoms with Crippen molar-refractivity contribution in [1.29, 1.82) is 0 Å². The van der Waals surface area contributed by atoms with Crippen molar-refractivity contribution in [2.75, 3.05) is 7.11 Å². The van der Waals surface area contributed by atoms with E-state index in [1.807, 2.05) is 57.2 Å². The third-order valence-corrected chi connectivity index (χ3v) is 3.05. The van der Waals surface area contributed by atoms with Crippen LogP contribution in [0.1, 0.15) is 31.1 Å². The number of carbonyl (C=O) groups excluding carboxylic acids is 1. The van der Waals surface area contributed by atoms with E-state index in [2.05, 4.69) is 4.98 Å². The first kappa shape index (κ1) is 14.3. The van der Waals surface area contributed by atoms with Crippen LogP contribution in [0.5, 0.6) is 5.88 Å². The maximum absolute atomic E-state index is 12.4. The predicted octanol–water partition coefficient (Wildman–Crippen LogP) is 3.99. The molecule has 0 amide bonds. The van der Waals surface area contributed by atoms with E-state index in [1.54, 1.807) is 6.07 Å².